The van der Waals surface area contributed by atoms with Gasteiger partial charge in [-0.15, -0.1) is 0 Å². The maximum absolute atomic E-state index is 12.1. The number of hydrogen-bond donors (Lipinski definition) is 3. The van der Waals surface area contributed by atoms with Gasteiger partial charge in [0.1, 0.15) is 0 Å². The third-order valence-corrected chi connectivity index (χ3v) is 3.51. The number of carbonyl (C=O) groups excluding carboxylic acids is 1. The van der Waals surface area contributed by atoms with E-state index < -0.39 is 11.7 Å². The number of benzene rings is 2. The fourth-order valence-corrected chi connectivity index (χ4v) is 2.09. The van der Waals surface area contributed by atoms with Gasteiger partial charge in [0.25, 0.3) is 5.91 Å². The molecule has 0 saturated heterocycles. The van der Waals surface area contributed by atoms with Crippen molar-refractivity contribution in [3.05, 3.63) is 58.1 Å². The van der Waals surface area contributed by atoms with Crippen molar-refractivity contribution in [1.82, 2.24) is 5.32 Å². The van der Waals surface area contributed by atoms with E-state index in [2.05, 4.69) is 21.2 Å². The fourth-order valence-electron chi connectivity index (χ4n) is 1.82. The van der Waals surface area contributed by atoms with Gasteiger partial charge in [-0.2, -0.15) is 0 Å². The molecule has 0 saturated carbocycles. The van der Waals surface area contributed by atoms with Gasteiger partial charge in [-0.25, -0.2) is 0 Å². The normalized spacial score (nSPS) is 11.9. The van der Waals surface area contributed by atoms with E-state index in [9.17, 15) is 15.0 Å². The first-order valence-electron chi connectivity index (χ1n) is 6.06. The zero-order valence-electron chi connectivity index (χ0n) is 10.8. The summed E-state index contributed by atoms with van der Waals surface area (Å²) in [4.78, 5) is 12.1. The molecule has 0 spiro atoms. The van der Waals surface area contributed by atoms with Crippen LogP contribution in [-0.2, 0) is 0 Å². The number of para-hydroxylation sites is 1. The van der Waals surface area contributed by atoms with E-state index in [-0.39, 0.29) is 17.4 Å². The van der Waals surface area contributed by atoms with Crippen molar-refractivity contribution >= 4 is 21.8 Å². The van der Waals surface area contributed by atoms with Gasteiger partial charge >= 0.3 is 0 Å². The molecule has 0 radical (unpaired) electrons. The van der Waals surface area contributed by atoms with Gasteiger partial charge in [0.15, 0.2) is 11.5 Å². The summed E-state index contributed by atoms with van der Waals surface area (Å²) in [6.07, 6.45) is 0. The third-order valence-electron chi connectivity index (χ3n) is 2.98. The van der Waals surface area contributed by atoms with Crippen molar-refractivity contribution in [2.24, 2.45) is 0 Å². The molecule has 1 amide bonds. The van der Waals surface area contributed by atoms with Gasteiger partial charge in [0, 0.05) is 4.47 Å². The number of amides is 1. The first-order chi connectivity index (χ1) is 9.49. The Labute approximate surface area is 125 Å². The number of aromatic hydroxyl groups is 2. The Kier molecular flexibility index (Phi) is 4.29. The first-order valence-corrected chi connectivity index (χ1v) is 6.85. The van der Waals surface area contributed by atoms with E-state index in [1.807, 2.05) is 31.2 Å². The lowest BCUT2D eigenvalue weighted by atomic mass is 10.1. The van der Waals surface area contributed by atoms with Crippen LogP contribution in [0, 0.1) is 0 Å². The Bertz CT molecular complexity index is 626. The summed E-state index contributed by atoms with van der Waals surface area (Å²) in [5.41, 5.74) is 0.996. The zero-order chi connectivity index (χ0) is 14.7. The average Bonchev–Trinajstić information content (AvgIpc) is 2.42. The minimum atomic E-state index is -0.436. The summed E-state index contributed by atoms with van der Waals surface area (Å²) in [5.74, 6) is -1.16. The summed E-state index contributed by atoms with van der Waals surface area (Å²) in [7, 11) is 0. The number of hydrogen-bond acceptors (Lipinski definition) is 3. The Morgan fingerprint density at radius 2 is 1.80 bits per heavy atom. The zero-order valence-corrected chi connectivity index (χ0v) is 12.4. The van der Waals surface area contributed by atoms with E-state index >= 15 is 0 Å². The minimum absolute atomic E-state index is 0.0500. The van der Waals surface area contributed by atoms with Crippen LogP contribution in [0.4, 0.5) is 0 Å². The molecule has 0 fully saturated rings. The number of phenolic OH excluding ortho intramolecular Hbond substituents is 2. The Hall–Kier alpha value is -2.01. The highest BCUT2D eigenvalue weighted by atomic mass is 79.9. The lowest BCUT2D eigenvalue weighted by molar-refractivity contribution is 0.0936. The van der Waals surface area contributed by atoms with Gasteiger partial charge in [0.05, 0.1) is 11.6 Å². The highest BCUT2D eigenvalue weighted by molar-refractivity contribution is 9.10. The standard InChI is InChI=1S/C15H14BrNO3/c1-9(10-5-7-11(16)8-6-10)17-15(20)12-3-2-4-13(18)14(12)19/h2-9,18-19H,1H3,(H,17,20). The van der Waals surface area contributed by atoms with Crippen molar-refractivity contribution < 1.29 is 15.0 Å². The van der Waals surface area contributed by atoms with Crippen LogP contribution in [0.3, 0.4) is 0 Å². The second-order valence-electron chi connectivity index (χ2n) is 4.42. The predicted octanol–water partition coefficient (Wildman–Crippen LogP) is 3.35. The minimum Gasteiger partial charge on any atom is -0.504 e. The third kappa shape index (κ3) is 3.11. The van der Waals surface area contributed by atoms with Gasteiger partial charge in [-0.1, -0.05) is 34.1 Å². The van der Waals surface area contributed by atoms with Gasteiger partial charge in [-0.3, -0.25) is 4.79 Å². The molecule has 2 rings (SSSR count). The number of carbonyl (C=O) groups is 1. The van der Waals surface area contributed by atoms with Crippen molar-refractivity contribution in [2.75, 3.05) is 0 Å². The molecule has 2 aromatic rings. The maximum atomic E-state index is 12.1. The van der Waals surface area contributed by atoms with Crippen LogP contribution in [-0.4, -0.2) is 16.1 Å². The van der Waals surface area contributed by atoms with E-state index in [1.54, 1.807) is 0 Å². The smallest absolute Gasteiger partial charge is 0.255 e. The second kappa shape index (κ2) is 5.96. The van der Waals surface area contributed by atoms with E-state index in [0.29, 0.717) is 0 Å². The van der Waals surface area contributed by atoms with E-state index in [4.69, 9.17) is 0 Å². The van der Waals surface area contributed by atoms with Crippen molar-refractivity contribution in [1.29, 1.82) is 0 Å². The lowest BCUT2D eigenvalue weighted by Gasteiger charge is -2.15. The molecule has 20 heavy (non-hydrogen) atoms. The molecule has 1 atom stereocenters. The van der Waals surface area contributed by atoms with E-state index in [1.165, 1.54) is 18.2 Å². The molecule has 104 valence electrons. The molecule has 3 N–H and O–H groups in total. The maximum Gasteiger partial charge on any atom is 0.255 e. The van der Waals surface area contributed by atoms with Crippen LogP contribution < -0.4 is 5.32 Å². The Balaban J connectivity index is 2.15. The van der Waals surface area contributed by atoms with Crippen LogP contribution in [0.2, 0.25) is 0 Å². The second-order valence-corrected chi connectivity index (χ2v) is 5.34. The summed E-state index contributed by atoms with van der Waals surface area (Å²) in [6.45, 7) is 1.85. The van der Waals surface area contributed by atoms with Crippen LogP contribution in [0.1, 0.15) is 28.9 Å². The molecule has 2 aromatic carbocycles. The molecule has 0 bridgehead atoms. The summed E-state index contributed by atoms with van der Waals surface area (Å²) >= 11 is 3.35. The highest BCUT2D eigenvalue weighted by Crippen LogP contribution is 2.28. The summed E-state index contributed by atoms with van der Waals surface area (Å²) in [5, 5.41) is 21.8. The summed E-state index contributed by atoms with van der Waals surface area (Å²) < 4.78 is 0.963. The molecule has 0 aromatic heterocycles. The molecule has 1 unspecified atom stereocenters. The SMILES string of the molecule is CC(NC(=O)c1cccc(O)c1O)c1ccc(Br)cc1. The van der Waals surface area contributed by atoms with Crippen LogP contribution in [0.5, 0.6) is 11.5 Å². The average molecular weight is 336 g/mol. The van der Waals surface area contributed by atoms with Crippen LogP contribution in [0.25, 0.3) is 0 Å². The number of halogens is 1. The van der Waals surface area contributed by atoms with Crippen molar-refractivity contribution in [2.45, 2.75) is 13.0 Å². The van der Waals surface area contributed by atoms with Gasteiger partial charge in [-0.05, 0) is 36.8 Å². The van der Waals surface area contributed by atoms with Crippen molar-refractivity contribution in [3.8, 4) is 11.5 Å². The monoisotopic (exact) mass is 335 g/mol. The molecular formula is C15H14BrNO3. The van der Waals surface area contributed by atoms with Gasteiger partial charge < -0.3 is 15.5 Å². The molecule has 0 aliphatic carbocycles. The first kappa shape index (κ1) is 14.4. The Morgan fingerprint density at radius 3 is 2.45 bits per heavy atom. The van der Waals surface area contributed by atoms with Crippen molar-refractivity contribution in [3.63, 3.8) is 0 Å². The van der Waals surface area contributed by atoms with Gasteiger partial charge in [0.2, 0.25) is 0 Å². The Morgan fingerprint density at radius 1 is 1.15 bits per heavy atom. The number of nitrogens with one attached hydrogen (secondary N) is 1. The van der Waals surface area contributed by atoms with Crippen LogP contribution >= 0.6 is 15.9 Å². The topological polar surface area (TPSA) is 69.6 Å². The summed E-state index contributed by atoms with van der Waals surface area (Å²) in [6, 6.07) is 11.7. The number of phenols is 2. The predicted molar refractivity (Wildman–Crippen MR) is 79.8 cm³/mol. The highest BCUT2D eigenvalue weighted by Gasteiger charge is 2.16. The lowest BCUT2D eigenvalue weighted by Crippen LogP contribution is -2.26. The quantitative estimate of drug-likeness (QED) is 0.753. The van der Waals surface area contributed by atoms with Crippen LogP contribution in [0.15, 0.2) is 46.9 Å². The molecular weight excluding hydrogens is 322 g/mol. The molecule has 0 aliphatic rings. The molecule has 0 heterocycles. The molecule has 5 heteroatoms. The largest absolute Gasteiger partial charge is 0.504 e. The van der Waals surface area contributed by atoms with E-state index in [0.717, 1.165) is 10.0 Å². The fraction of sp³-hybridized carbons (Fsp3) is 0.133. The molecule has 0 aliphatic heterocycles. The number of rotatable bonds is 3. The molecule has 4 nitrogen and oxygen atoms in total.